The molecule has 0 saturated heterocycles. The van der Waals surface area contributed by atoms with Crippen LogP contribution in [0.3, 0.4) is 0 Å². The zero-order valence-electron chi connectivity index (χ0n) is 17.2. The number of ether oxygens (including phenoxy) is 3. The van der Waals surface area contributed by atoms with Crippen LogP contribution in [0.15, 0.2) is 53.5 Å². The van der Waals surface area contributed by atoms with Gasteiger partial charge in [0.25, 0.3) is 0 Å². The molecule has 4 N–H and O–H groups in total. The second-order valence-corrected chi connectivity index (χ2v) is 7.21. The number of fused-ring (bicyclic) bond motifs is 1. The highest BCUT2D eigenvalue weighted by atomic mass is 16.7. The van der Waals surface area contributed by atoms with Crippen LogP contribution in [0, 0.1) is 11.3 Å². The summed E-state index contributed by atoms with van der Waals surface area (Å²) >= 11 is 0. The monoisotopic (exact) mass is 410 g/mol. The van der Waals surface area contributed by atoms with Crippen LogP contribution in [0.4, 0.5) is 0 Å². The topological polar surface area (TPSA) is 122 Å². The van der Waals surface area contributed by atoms with Crippen LogP contribution in [0.5, 0.6) is 5.75 Å². The van der Waals surface area contributed by atoms with Gasteiger partial charge >= 0.3 is 0 Å². The number of benzene rings is 2. The molecule has 2 aromatic rings. The van der Waals surface area contributed by atoms with Crippen molar-refractivity contribution >= 4 is 5.96 Å². The number of nitrogens with two attached hydrogens (primary N) is 1. The van der Waals surface area contributed by atoms with E-state index in [0.717, 1.165) is 5.56 Å². The Morgan fingerprint density at radius 3 is 2.63 bits per heavy atom. The first-order valence-electron chi connectivity index (χ1n) is 9.50. The Hall–Kier alpha value is -3.12. The Bertz CT molecular complexity index is 940. The summed E-state index contributed by atoms with van der Waals surface area (Å²) < 4.78 is 16.9. The number of nitrogens with one attached hydrogen (secondary N) is 1. The third-order valence-electron chi connectivity index (χ3n) is 5.18. The van der Waals surface area contributed by atoms with Gasteiger partial charge in [0.05, 0.1) is 24.2 Å². The number of hydrogen-bond donors (Lipinski definition) is 3. The average molecular weight is 410 g/mol. The zero-order chi connectivity index (χ0) is 21.7. The fourth-order valence-corrected chi connectivity index (χ4v) is 3.63. The van der Waals surface area contributed by atoms with Crippen molar-refractivity contribution in [1.82, 2.24) is 5.32 Å². The molecule has 158 valence electrons. The van der Waals surface area contributed by atoms with E-state index in [0.29, 0.717) is 23.4 Å². The van der Waals surface area contributed by atoms with Gasteiger partial charge in [-0.25, -0.2) is 4.99 Å². The first-order valence-corrected chi connectivity index (χ1v) is 9.50. The molecule has 1 aliphatic heterocycles. The summed E-state index contributed by atoms with van der Waals surface area (Å²) in [6.45, 7) is 2.09. The normalized spacial score (nSPS) is 23.4. The molecule has 0 fully saturated rings. The lowest BCUT2D eigenvalue weighted by molar-refractivity contribution is -0.238. The number of aliphatic hydroxyl groups excluding tert-OH is 1. The Balaban J connectivity index is 1.94. The predicted octanol–water partition coefficient (Wildman–Crippen LogP) is 1.83. The fourth-order valence-electron chi connectivity index (χ4n) is 3.63. The molecule has 30 heavy (non-hydrogen) atoms. The maximum atomic E-state index is 11.2. The van der Waals surface area contributed by atoms with Crippen LogP contribution >= 0.6 is 0 Å². The van der Waals surface area contributed by atoms with Crippen molar-refractivity contribution in [3.05, 3.63) is 65.2 Å². The van der Waals surface area contributed by atoms with E-state index >= 15 is 0 Å². The van der Waals surface area contributed by atoms with E-state index in [4.69, 9.17) is 19.9 Å². The molecule has 0 aromatic heterocycles. The number of guanidine groups is 1. The zero-order valence-corrected chi connectivity index (χ0v) is 17.2. The van der Waals surface area contributed by atoms with Gasteiger partial charge in [0.2, 0.25) is 0 Å². The number of rotatable bonds is 6. The van der Waals surface area contributed by atoms with Gasteiger partial charge in [-0.3, -0.25) is 0 Å². The molecular formula is C22H26N4O4. The molecular weight excluding hydrogens is 384 g/mol. The smallest absolute Gasteiger partial charge is 0.199 e. The molecule has 3 rings (SSSR count). The summed E-state index contributed by atoms with van der Waals surface area (Å²) in [5.41, 5.74) is 6.94. The summed E-state index contributed by atoms with van der Waals surface area (Å²) in [6.07, 6.45) is -1.96. The lowest BCUT2D eigenvalue weighted by atomic mass is 9.84. The highest BCUT2D eigenvalue weighted by Gasteiger charge is 2.52. The summed E-state index contributed by atoms with van der Waals surface area (Å²) in [4.78, 5) is 4.38. The van der Waals surface area contributed by atoms with Crippen LogP contribution in [0.1, 0.15) is 29.7 Å². The third-order valence-corrected chi connectivity index (χ3v) is 5.18. The largest absolute Gasteiger partial charge is 0.479 e. The predicted molar refractivity (Wildman–Crippen MR) is 112 cm³/mol. The van der Waals surface area contributed by atoms with E-state index in [1.165, 1.54) is 14.2 Å². The highest BCUT2D eigenvalue weighted by Crippen LogP contribution is 2.42. The molecule has 0 radical (unpaired) electrons. The minimum atomic E-state index is -1.23. The average Bonchev–Trinajstić information content (AvgIpc) is 2.77. The van der Waals surface area contributed by atoms with Gasteiger partial charge in [0.15, 0.2) is 17.9 Å². The molecule has 0 bridgehead atoms. The summed E-state index contributed by atoms with van der Waals surface area (Å²) in [5, 5.41) is 23.6. The fraction of sp³-hybridized carbons (Fsp3) is 0.364. The molecule has 0 aliphatic carbocycles. The van der Waals surface area contributed by atoms with Gasteiger partial charge in [0.1, 0.15) is 11.9 Å². The van der Waals surface area contributed by atoms with Crippen LogP contribution in [-0.4, -0.2) is 43.3 Å². The second kappa shape index (κ2) is 9.13. The molecule has 1 heterocycles. The number of methoxy groups -OCH3 is 2. The maximum Gasteiger partial charge on any atom is 0.199 e. The molecule has 8 nitrogen and oxygen atoms in total. The lowest BCUT2D eigenvalue weighted by Gasteiger charge is -2.46. The maximum absolute atomic E-state index is 11.2. The summed E-state index contributed by atoms with van der Waals surface area (Å²) in [7, 11) is 2.95. The third kappa shape index (κ3) is 4.24. The van der Waals surface area contributed by atoms with Gasteiger partial charge in [-0.15, -0.1) is 0 Å². The van der Waals surface area contributed by atoms with Crippen LogP contribution in [-0.2, 0) is 16.0 Å². The lowest BCUT2D eigenvalue weighted by Crippen LogP contribution is -2.62. The minimum absolute atomic E-state index is 0.159. The van der Waals surface area contributed by atoms with E-state index in [9.17, 15) is 10.4 Å². The quantitative estimate of drug-likeness (QED) is 0.377. The molecule has 0 saturated carbocycles. The molecule has 8 heteroatoms. The SMILES string of the molecule is COC(OC)C1(C)Oc2ccc(C#N)cc2C(NC(N)=NCc2ccccc2)C1O. The molecule has 0 spiro atoms. The highest BCUT2D eigenvalue weighted by molar-refractivity contribution is 5.78. The van der Waals surface area contributed by atoms with Crippen molar-refractivity contribution in [3.63, 3.8) is 0 Å². The summed E-state index contributed by atoms with van der Waals surface area (Å²) in [5.74, 6) is 0.654. The van der Waals surface area contributed by atoms with Gasteiger partial charge in [-0.05, 0) is 30.7 Å². The molecule has 3 unspecified atom stereocenters. The molecule has 3 atom stereocenters. The standard InChI is InChI=1S/C22H26N4O4/c1-22(20(28-2)29-3)19(27)18(16-11-15(12-23)9-10-17(16)30-22)26-21(24)25-13-14-7-5-4-6-8-14/h4-11,18-20,27H,13H2,1-3H3,(H3,24,25,26). The van der Waals surface area contributed by atoms with Crippen molar-refractivity contribution in [3.8, 4) is 11.8 Å². The van der Waals surface area contributed by atoms with E-state index < -0.39 is 24.0 Å². The molecule has 2 aromatic carbocycles. The Morgan fingerprint density at radius 1 is 1.30 bits per heavy atom. The minimum Gasteiger partial charge on any atom is -0.479 e. The number of aliphatic imine (C=N–C) groups is 1. The number of nitriles is 1. The van der Waals surface area contributed by atoms with Crippen LogP contribution < -0.4 is 15.8 Å². The van der Waals surface area contributed by atoms with Crippen molar-refractivity contribution in [2.24, 2.45) is 10.7 Å². The Labute approximate surface area is 175 Å². The van der Waals surface area contributed by atoms with E-state index in [2.05, 4.69) is 16.4 Å². The van der Waals surface area contributed by atoms with Gasteiger partial charge in [-0.1, -0.05) is 30.3 Å². The van der Waals surface area contributed by atoms with Gasteiger partial charge in [0, 0.05) is 19.8 Å². The number of aliphatic hydroxyl groups is 1. The first kappa shape index (κ1) is 21.6. The Morgan fingerprint density at radius 2 is 2.00 bits per heavy atom. The molecule has 1 aliphatic rings. The van der Waals surface area contributed by atoms with Crippen molar-refractivity contribution in [2.75, 3.05) is 14.2 Å². The van der Waals surface area contributed by atoms with Gasteiger partial charge < -0.3 is 30.4 Å². The van der Waals surface area contributed by atoms with Gasteiger partial charge in [-0.2, -0.15) is 5.26 Å². The van der Waals surface area contributed by atoms with Crippen molar-refractivity contribution in [1.29, 1.82) is 5.26 Å². The second-order valence-electron chi connectivity index (χ2n) is 7.21. The van der Waals surface area contributed by atoms with Crippen molar-refractivity contribution < 1.29 is 19.3 Å². The van der Waals surface area contributed by atoms with Crippen molar-refractivity contribution in [2.45, 2.75) is 37.5 Å². The van der Waals surface area contributed by atoms with E-state index in [1.807, 2.05) is 30.3 Å². The summed E-state index contributed by atoms with van der Waals surface area (Å²) in [6, 6.07) is 16.1. The van der Waals surface area contributed by atoms with Crippen LogP contribution in [0.2, 0.25) is 0 Å². The number of nitrogens with zero attached hydrogens (tertiary/aromatic N) is 2. The molecule has 0 amide bonds. The number of hydrogen-bond acceptors (Lipinski definition) is 6. The first-order chi connectivity index (χ1) is 14.4. The van der Waals surface area contributed by atoms with E-state index in [1.54, 1.807) is 25.1 Å². The van der Waals surface area contributed by atoms with Crippen LogP contribution in [0.25, 0.3) is 0 Å². The Kier molecular flexibility index (Phi) is 6.57. The van der Waals surface area contributed by atoms with E-state index in [-0.39, 0.29) is 5.96 Å².